The molecular weight excluding hydrogens is 266 g/mol. The van der Waals surface area contributed by atoms with E-state index < -0.39 is 4.92 Å². The second-order valence-electron chi connectivity index (χ2n) is 4.46. The number of nitrogens with zero attached hydrogens (tertiary/aromatic N) is 4. The first kappa shape index (κ1) is 14.3. The van der Waals surface area contributed by atoms with E-state index in [-0.39, 0.29) is 23.8 Å². The average Bonchev–Trinajstić information content (AvgIpc) is 2.81. The summed E-state index contributed by atoms with van der Waals surface area (Å²) in [5.41, 5.74) is -0.0914. The first-order valence-corrected chi connectivity index (χ1v) is 6.35. The zero-order valence-electron chi connectivity index (χ0n) is 11.2. The highest BCUT2D eigenvalue weighted by Crippen LogP contribution is 2.21. The quantitative estimate of drug-likeness (QED) is 0.602. The highest BCUT2D eigenvalue weighted by molar-refractivity contribution is 5.76. The van der Waals surface area contributed by atoms with Crippen LogP contribution in [-0.2, 0) is 16.6 Å². The van der Waals surface area contributed by atoms with Gasteiger partial charge in [0, 0.05) is 33.1 Å². The Morgan fingerprint density at radius 2 is 2.25 bits per heavy atom. The molecule has 1 aromatic rings. The van der Waals surface area contributed by atoms with Crippen LogP contribution in [0.3, 0.4) is 0 Å². The molecule has 0 radical (unpaired) electrons. The predicted octanol–water partition coefficient (Wildman–Crippen LogP) is -0.0109. The van der Waals surface area contributed by atoms with Gasteiger partial charge in [0.2, 0.25) is 11.7 Å². The molecule has 110 valence electrons. The van der Waals surface area contributed by atoms with Crippen LogP contribution in [0.4, 0.5) is 11.5 Å². The number of nitro groups is 1. The normalized spacial score (nSPS) is 15.2. The fourth-order valence-electron chi connectivity index (χ4n) is 1.99. The Labute approximate surface area is 115 Å². The molecule has 1 saturated heterocycles. The maximum atomic E-state index is 11.9. The summed E-state index contributed by atoms with van der Waals surface area (Å²) in [6, 6.07) is 0. The van der Waals surface area contributed by atoms with Crippen LogP contribution in [0.1, 0.15) is 6.42 Å². The Hall–Kier alpha value is -2.16. The van der Waals surface area contributed by atoms with Crippen molar-refractivity contribution in [2.24, 2.45) is 7.05 Å². The standard InChI is InChI=1S/C11H17N5O4/c1-14-8-9(16(18)19)11(13-14)12-3-2-10(17)15-4-6-20-7-5-15/h8H,2-7H2,1H3,(H,12,13). The third kappa shape index (κ3) is 3.44. The van der Waals surface area contributed by atoms with Crippen molar-refractivity contribution in [3.63, 3.8) is 0 Å². The first-order valence-electron chi connectivity index (χ1n) is 6.35. The summed E-state index contributed by atoms with van der Waals surface area (Å²) in [6.07, 6.45) is 1.60. The van der Waals surface area contributed by atoms with Crippen molar-refractivity contribution < 1.29 is 14.5 Å². The van der Waals surface area contributed by atoms with Gasteiger partial charge in [-0.1, -0.05) is 0 Å². The van der Waals surface area contributed by atoms with Crippen molar-refractivity contribution in [1.29, 1.82) is 0 Å². The van der Waals surface area contributed by atoms with E-state index in [1.807, 2.05) is 0 Å². The fraction of sp³-hybridized carbons (Fsp3) is 0.636. The number of nitrogens with one attached hydrogen (secondary N) is 1. The lowest BCUT2D eigenvalue weighted by atomic mass is 10.3. The van der Waals surface area contributed by atoms with Gasteiger partial charge in [0.1, 0.15) is 6.20 Å². The summed E-state index contributed by atoms with van der Waals surface area (Å²) in [6.45, 7) is 2.63. The Morgan fingerprint density at radius 1 is 1.55 bits per heavy atom. The largest absolute Gasteiger partial charge is 0.378 e. The third-order valence-electron chi connectivity index (χ3n) is 3.00. The van der Waals surface area contributed by atoms with Gasteiger partial charge < -0.3 is 15.0 Å². The van der Waals surface area contributed by atoms with Gasteiger partial charge in [0.15, 0.2) is 0 Å². The molecule has 2 heterocycles. The zero-order chi connectivity index (χ0) is 14.5. The number of aromatic nitrogens is 2. The molecule has 1 aromatic heterocycles. The van der Waals surface area contributed by atoms with Crippen molar-refractivity contribution in [2.45, 2.75) is 6.42 Å². The number of carbonyl (C=O) groups excluding carboxylic acids is 1. The molecule has 1 aliphatic rings. The first-order chi connectivity index (χ1) is 9.58. The van der Waals surface area contributed by atoms with Crippen LogP contribution in [0.5, 0.6) is 0 Å². The molecule has 0 bridgehead atoms. The molecule has 0 unspecified atom stereocenters. The van der Waals surface area contributed by atoms with Crippen LogP contribution in [0.2, 0.25) is 0 Å². The van der Waals surface area contributed by atoms with E-state index in [9.17, 15) is 14.9 Å². The number of aryl methyl sites for hydroxylation is 1. The summed E-state index contributed by atoms with van der Waals surface area (Å²) in [7, 11) is 1.61. The number of hydrogen-bond donors (Lipinski definition) is 1. The number of morpholine rings is 1. The van der Waals surface area contributed by atoms with Crippen LogP contribution in [0.15, 0.2) is 6.20 Å². The summed E-state index contributed by atoms with van der Waals surface area (Å²) in [5, 5.41) is 17.6. The van der Waals surface area contributed by atoms with E-state index in [4.69, 9.17) is 4.74 Å². The van der Waals surface area contributed by atoms with Crippen molar-refractivity contribution in [3.8, 4) is 0 Å². The van der Waals surface area contributed by atoms with Crippen molar-refractivity contribution in [3.05, 3.63) is 16.3 Å². The van der Waals surface area contributed by atoms with Crippen LogP contribution < -0.4 is 5.32 Å². The highest BCUT2D eigenvalue weighted by atomic mass is 16.6. The number of rotatable bonds is 5. The van der Waals surface area contributed by atoms with Gasteiger partial charge in [-0.2, -0.15) is 0 Å². The predicted molar refractivity (Wildman–Crippen MR) is 70.4 cm³/mol. The van der Waals surface area contributed by atoms with Crippen LogP contribution >= 0.6 is 0 Å². The van der Waals surface area contributed by atoms with Crippen molar-refractivity contribution >= 4 is 17.4 Å². The van der Waals surface area contributed by atoms with Gasteiger partial charge in [-0.25, -0.2) is 0 Å². The topological polar surface area (TPSA) is 103 Å². The second kappa shape index (κ2) is 6.33. The molecular formula is C11H17N5O4. The molecule has 0 aliphatic carbocycles. The van der Waals surface area contributed by atoms with Gasteiger partial charge in [0.05, 0.1) is 18.1 Å². The minimum Gasteiger partial charge on any atom is -0.378 e. The maximum Gasteiger partial charge on any atom is 0.330 e. The van der Waals surface area contributed by atoms with E-state index in [0.29, 0.717) is 32.8 Å². The number of carbonyl (C=O) groups is 1. The molecule has 20 heavy (non-hydrogen) atoms. The smallest absolute Gasteiger partial charge is 0.330 e. The Morgan fingerprint density at radius 3 is 2.90 bits per heavy atom. The lowest BCUT2D eigenvalue weighted by Gasteiger charge is -2.26. The summed E-state index contributed by atoms with van der Waals surface area (Å²) in [5.74, 6) is 0.201. The Kier molecular flexibility index (Phi) is 4.51. The maximum absolute atomic E-state index is 11.9. The van der Waals surface area contributed by atoms with E-state index >= 15 is 0 Å². The fourth-order valence-corrected chi connectivity index (χ4v) is 1.99. The van der Waals surface area contributed by atoms with Crippen molar-refractivity contribution in [2.75, 3.05) is 38.2 Å². The van der Waals surface area contributed by atoms with Crippen LogP contribution in [0.25, 0.3) is 0 Å². The zero-order valence-corrected chi connectivity index (χ0v) is 11.2. The third-order valence-corrected chi connectivity index (χ3v) is 3.00. The molecule has 9 heteroatoms. The minimum absolute atomic E-state index is 0.0133. The number of hydrogen-bond acceptors (Lipinski definition) is 6. The van der Waals surface area contributed by atoms with E-state index in [0.717, 1.165) is 0 Å². The lowest BCUT2D eigenvalue weighted by molar-refractivity contribution is -0.384. The summed E-state index contributed by atoms with van der Waals surface area (Å²) in [4.78, 5) is 23.9. The molecule has 0 spiro atoms. The second-order valence-corrected chi connectivity index (χ2v) is 4.46. The lowest BCUT2D eigenvalue weighted by Crippen LogP contribution is -2.41. The van der Waals surface area contributed by atoms with Gasteiger partial charge in [-0.3, -0.25) is 19.6 Å². The molecule has 1 amide bonds. The van der Waals surface area contributed by atoms with E-state index in [1.54, 1.807) is 11.9 Å². The highest BCUT2D eigenvalue weighted by Gasteiger charge is 2.19. The SMILES string of the molecule is Cn1cc([N+](=O)[O-])c(NCCC(=O)N2CCOCC2)n1. The van der Waals surface area contributed by atoms with E-state index in [1.165, 1.54) is 10.9 Å². The van der Waals surface area contributed by atoms with Crippen LogP contribution in [0, 0.1) is 10.1 Å². The molecule has 1 aliphatic heterocycles. The molecule has 1 fully saturated rings. The molecule has 2 rings (SSSR count). The molecule has 9 nitrogen and oxygen atoms in total. The molecule has 0 aromatic carbocycles. The van der Waals surface area contributed by atoms with E-state index in [2.05, 4.69) is 10.4 Å². The summed E-state index contributed by atoms with van der Waals surface area (Å²) < 4.78 is 6.54. The van der Waals surface area contributed by atoms with Gasteiger partial charge >= 0.3 is 5.69 Å². The molecule has 0 saturated carbocycles. The Balaban J connectivity index is 1.83. The average molecular weight is 283 g/mol. The minimum atomic E-state index is -0.501. The van der Waals surface area contributed by atoms with Crippen molar-refractivity contribution in [1.82, 2.24) is 14.7 Å². The van der Waals surface area contributed by atoms with Crippen LogP contribution in [-0.4, -0.2) is 58.4 Å². The molecule has 1 N–H and O–H groups in total. The van der Waals surface area contributed by atoms with Gasteiger partial charge in [-0.15, -0.1) is 5.10 Å². The number of anilines is 1. The molecule has 0 atom stereocenters. The van der Waals surface area contributed by atoms with Gasteiger partial charge in [-0.05, 0) is 0 Å². The Bertz CT molecular complexity index is 495. The van der Waals surface area contributed by atoms with Gasteiger partial charge in [0.25, 0.3) is 0 Å². The number of ether oxygens (including phenoxy) is 1. The number of amides is 1. The summed E-state index contributed by atoms with van der Waals surface area (Å²) >= 11 is 0. The monoisotopic (exact) mass is 283 g/mol.